The molecule has 0 aromatic carbocycles. The largest absolute Gasteiger partial charge is 0.330 e. The maximum atomic E-state index is 11.9. The van der Waals surface area contributed by atoms with Crippen molar-refractivity contribution >= 4 is 21.6 Å². The standard InChI is InChI=1S/C12H18N2O3S/c1-9(15)13-10-6-5-7-11(8-10)14-18(16,17)12(2,3)4/h5-7H,8H2,1-4H3,(H,13,15). The van der Waals surface area contributed by atoms with Gasteiger partial charge in [-0.15, -0.1) is 0 Å². The van der Waals surface area contributed by atoms with Crippen molar-refractivity contribution in [1.29, 1.82) is 0 Å². The van der Waals surface area contributed by atoms with Crippen molar-refractivity contribution in [3.63, 3.8) is 0 Å². The topological polar surface area (TPSA) is 75.6 Å². The molecule has 0 bridgehead atoms. The summed E-state index contributed by atoms with van der Waals surface area (Å²) >= 11 is 0. The van der Waals surface area contributed by atoms with Gasteiger partial charge in [-0.3, -0.25) is 4.79 Å². The van der Waals surface area contributed by atoms with Gasteiger partial charge < -0.3 is 5.32 Å². The van der Waals surface area contributed by atoms with Gasteiger partial charge in [-0.1, -0.05) is 6.08 Å². The summed E-state index contributed by atoms with van der Waals surface area (Å²) in [5, 5.41) is 2.63. The molecule has 0 saturated carbocycles. The quantitative estimate of drug-likeness (QED) is 0.827. The Morgan fingerprint density at radius 3 is 2.50 bits per heavy atom. The van der Waals surface area contributed by atoms with Gasteiger partial charge in [0.1, 0.15) is 0 Å². The minimum absolute atomic E-state index is 0.186. The van der Waals surface area contributed by atoms with Crippen LogP contribution in [0.5, 0.6) is 0 Å². The predicted molar refractivity (Wildman–Crippen MR) is 71.8 cm³/mol. The summed E-state index contributed by atoms with van der Waals surface area (Å²) in [6.07, 6.45) is 5.34. The molecule has 1 N–H and O–H groups in total. The van der Waals surface area contributed by atoms with E-state index in [0.29, 0.717) is 17.8 Å². The van der Waals surface area contributed by atoms with Crippen LogP contribution in [0.3, 0.4) is 0 Å². The Morgan fingerprint density at radius 2 is 2.00 bits per heavy atom. The molecule has 0 heterocycles. The Balaban J connectivity index is 2.93. The first-order valence-electron chi connectivity index (χ1n) is 5.60. The normalized spacial score (nSPS) is 18.7. The first-order valence-corrected chi connectivity index (χ1v) is 7.04. The molecule has 0 aromatic heterocycles. The zero-order chi connectivity index (χ0) is 14.0. The lowest BCUT2D eigenvalue weighted by atomic mass is 10.1. The first-order chi connectivity index (χ1) is 8.12. The number of allylic oxidation sites excluding steroid dienone is 4. The number of sulfonamides is 1. The molecule has 0 aromatic rings. The highest BCUT2D eigenvalue weighted by Crippen LogP contribution is 2.19. The molecule has 0 radical (unpaired) electrons. The Kier molecular flexibility index (Phi) is 4.11. The van der Waals surface area contributed by atoms with Gasteiger partial charge in [-0.25, -0.2) is 8.42 Å². The van der Waals surface area contributed by atoms with E-state index in [-0.39, 0.29) is 5.91 Å². The van der Waals surface area contributed by atoms with Crippen molar-refractivity contribution in [2.75, 3.05) is 0 Å². The molecule has 0 fully saturated rings. The minimum Gasteiger partial charge on any atom is -0.330 e. The maximum Gasteiger partial charge on any atom is 0.258 e. The number of nitrogens with one attached hydrogen (secondary N) is 1. The molecule has 5 nitrogen and oxygen atoms in total. The van der Waals surface area contributed by atoms with Crippen LogP contribution in [0.15, 0.2) is 28.3 Å². The fraction of sp³-hybridized carbons (Fsp3) is 0.500. The van der Waals surface area contributed by atoms with Crippen LogP contribution >= 0.6 is 0 Å². The molecular weight excluding hydrogens is 252 g/mol. The molecule has 18 heavy (non-hydrogen) atoms. The summed E-state index contributed by atoms with van der Waals surface area (Å²) in [6.45, 7) is 6.21. The van der Waals surface area contributed by atoms with Crippen LogP contribution < -0.4 is 5.32 Å². The molecule has 0 spiro atoms. The third-order valence-corrected chi connectivity index (χ3v) is 4.33. The fourth-order valence-electron chi connectivity index (χ4n) is 1.25. The van der Waals surface area contributed by atoms with Gasteiger partial charge in [-0.05, 0) is 32.9 Å². The van der Waals surface area contributed by atoms with E-state index in [1.807, 2.05) is 0 Å². The van der Waals surface area contributed by atoms with Crippen LogP contribution in [0, 0.1) is 0 Å². The van der Waals surface area contributed by atoms with Crippen molar-refractivity contribution in [2.45, 2.75) is 38.9 Å². The van der Waals surface area contributed by atoms with Crippen molar-refractivity contribution in [2.24, 2.45) is 4.40 Å². The zero-order valence-corrected chi connectivity index (χ0v) is 11.8. The van der Waals surface area contributed by atoms with E-state index in [0.717, 1.165) is 0 Å². The summed E-state index contributed by atoms with van der Waals surface area (Å²) < 4.78 is 26.7. The minimum atomic E-state index is -3.55. The smallest absolute Gasteiger partial charge is 0.258 e. The molecule has 0 aliphatic heterocycles. The Hall–Kier alpha value is -1.43. The molecule has 1 aliphatic rings. The van der Waals surface area contributed by atoms with Crippen molar-refractivity contribution < 1.29 is 13.2 Å². The number of rotatable bonds is 2. The van der Waals surface area contributed by atoms with Crippen molar-refractivity contribution in [3.05, 3.63) is 23.9 Å². The van der Waals surface area contributed by atoms with Gasteiger partial charge in [0.05, 0.1) is 10.5 Å². The van der Waals surface area contributed by atoms with Crippen molar-refractivity contribution in [1.82, 2.24) is 5.32 Å². The SMILES string of the molecule is CC(=O)NC1=CC=CC(=NS(=O)(=O)C(C)(C)C)C1. The Bertz CT molecular complexity index is 534. The van der Waals surface area contributed by atoms with Gasteiger partial charge in [-0.2, -0.15) is 4.40 Å². The molecule has 1 rings (SSSR count). The molecule has 100 valence electrons. The summed E-state index contributed by atoms with van der Waals surface area (Å²) in [7, 11) is -3.55. The second-order valence-corrected chi connectivity index (χ2v) is 7.44. The van der Waals surface area contributed by atoms with E-state index in [9.17, 15) is 13.2 Å². The van der Waals surface area contributed by atoms with Crippen LogP contribution in [-0.4, -0.2) is 24.8 Å². The third-order valence-electron chi connectivity index (χ3n) is 2.31. The average molecular weight is 270 g/mol. The molecule has 1 aliphatic carbocycles. The van der Waals surface area contributed by atoms with Gasteiger partial charge in [0, 0.05) is 19.0 Å². The number of hydrogen-bond acceptors (Lipinski definition) is 3. The summed E-state index contributed by atoms with van der Waals surface area (Å²) in [5.41, 5.74) is 1.07. The molecule has 0 unspecified atom stereocenters. The van der Waals surface area contributed by atoms with Gasteiger partial charge in [0.15, 0.2) is 0 Å². The Labute approximate surface area is 108 Å². The van der Waals surface area contributed by atoms with Crippen LogP contribution in [0.2, 0.25) is 0 Å². The Morgan fingerprint density at radius 1 is 1.39 bits per heavy atom. The summed E-state index contributed by atoms with van der Waals surface area (Å²) in [5.74, 6) is -0.186. The maximum absolute atomic E-state index is 11.9. The highest BCUT2D eigenvalue weighted by Gasteiger charge is 2.28. The third kappa shape index (κ3) is 3.80. The van der Waals surface area contributed by atoms with E-state index in [4.69, 9.17) is 0 Å². The van der Waals surface area contributed by atoms with E-state index >= 15 is 0 Å². The van der Waals surface area contributed by atoms with Crippen molar-refractivity contribution in [3.8, 4) is 0 Å². The molecule has 1 amide bonds. The van der Waals surface area contributed by atoms with E-state index in [1.54, 1.807) is 39.0 Å². The lowest BCUT2D eigenvalue weighted by Crippen LogP contribution is -2.28. The van der Waals surface area contributed by atoms with Gasteiger partial charge in [0.25, 0.3) is 10.0 Å². The lowest BCUT2D eigenvalue weighted by molar-refractivity contribution is -0.118. The number of carbonyl (C=O) groups excluding carboxylic acids is 1. The number of carbonyl (C=O) groups is 1. The van der Waals surface area contributed by atoms with E-state index in [1.165, 1.54) is 6.92 Å². The van der Waals surface area contributed by atoms with Crippen LogP contribution in [-0.2, 0) is 14.8 Å². The second-order valence-electron chi connectivity index (χ2n) is 5.08. The highest BCUT2D eigenvalue weighted by atomic mass is 32.2. The number of amides is 1. The van der Waals surface area contributed by atoms with Crippen LogP contribution in [0.25, 0.3) is 0 Å². The molecule has 6 heteroatoms. The molecule has 0 atom stereocenters. The fourth-order valence-corrected chi connectivity index (χ4v) is 1.96. The second kappa shape index (κ2) is 5.06. The first kappa shape index (κ1) is 14.6. The zero-order valence-electron chi connectivity index (χ0n) is 11.0. The number of hydrogen-bond donors (Lipinski definition) is 1. The number of nitrogens with zero attached hydrogens (tertiary/aromatic N) is 1. The van der Waals surface area contributed by atoms with Crippen LogP contribution in [0.4, 0.5) is 0 Å². The van der Waals surface area contributed by atoms with Gasteiger partial charge in [0.2, 0.25) is 5.91 Å². The predicted octanol–water partition coefficient (Wildman–Crippen LogP) is 1.54. The monoisotopic (exact) mass is 270 g/mol. The molecular formula is C12H18N2O3S. The summed E-state index contributed by atoms with van der Waals surface area (Å²) in [4.78, 5) is 10.9. The average Bonchev–Trinajstić information content (AvgIpc) is 2.14. The highest BCUT2D eigenvalue weighted by molar-refractivity contribution is 7.91. The van der Waals surface area contributed by atoms with Crippen LogP contribution in [0.1, 0.15) is 34.1 Å². The lowest BCUT2D eigenvalue weighted by Gasteiger charge is -2.17. The van der Waals surface area contributed by atoms with E-state index in [2.05, 4.69) is 9.71 Å². The summed E-state index contributed by atoms with van der Waals surface area (Å²) in [6, 6.07) is 0. The van der Waals surface area contributed by atoms with Gasteiger partial charge >= 0.3 is 0 Å². The molecule has 0 saturated heterocycles. The van der Waals surface area contributed by atoms with E-state index < -0.39 is 14.8 Å².